The van der Waals surface area contributed by atoms with Crippen molar-refractivity contribution in [2.45, 2.75) is 54.0 Å². The first kappa shape index (κ1) is 17.0. The van der Waals surface area contributed by atoms with E-state index in [4.69, 9.17) is 0 Å². The summed E-state index contributed by atoms with van der Waals surface area (Å²) >= 11 is 0. The van der Waals surface area contributed by atoms with Crippen LogP contribution in [-0.2, 0) is 6.54 Å². The Kier molecular flexibility index (Phi) is 7.60. The zero-order chi connectivity index (χ0) is 15.0. The Balaban J connectivity index is 2.96. The van der Waals surface area contributed by atoms with E-state index in [1.54, 1.807) is 0 Å². The number of rotatable bonds is 9. The SMILES string of the molecule is CCNCc1cnc(C)cc1N(CC)CC(CC)CC. The Hall–Kier alpha value is -1.09. The molecule has 0 saturated carbocycles. The van der Waals surface area contributed by atoms with Crippen molar-refractivity contribution in [2.75, 3.05) is 24.5 Å². The lowest BCUT2D eigenvalue weighted by Gasteiger charge is -2.29. The van der Waals surface area contributed by atoms with Crippen molar-refractivity contribution in [1.29, 1.82) is 0 Å². The average molecular weight is 277 g/mol. The molecule has 1 aromatic rings. The summed E-state index contributed by atoms with van der Waals surface area (Å²) < 4.78 is 0. The molecule has 0 saturated heterocycles. The van der Waals surface area contributed by atoms with Crippen LogP contribution in [0.1, 0.15) is 51.8 Å². The van der Waals surface area contributed by atoms with Gasteiger partial charge in [-0.25, -0.2) is 0 Å². The number of nitrogens with zero attached hydrogens (tertiary/aromatic N) is 2. The normalized spacial score (nSPS) is 11.1. The van der Waals surface area contributed by atoms with Crippen LogP contribution in [0, 0.1) is 12.8 Å². The number of nitrogens with one attached hydrogen (secondary N) is 1. The van der Waals surface area contributed by atoms with Crippen molar-refractivity contribution in [3.05, 3.63) is 23.5 Å². The number of aromatic nitrogens is 1. The second kappa shape index (κ2) is 8.96. The van der Waals surface area contributed by atoms with E-state index in [1.807, 2.05) is 6.20 Å². The monoisotopic (exact) mass is 277 g/mol. The van der Waals surface area contributed by atoms with Gasteiger partial charge in [-0.3, -0.25) is 4.98 Å². The molecule has 0 amide bonds. The molecule has 0 bridgehead atoms. The van der Waals surface area contributed by atoms with Crippen molar-refractivity contribution in [1.82, 2.24) is 10.3 Å². The van der Waals surface area contributed by atoms with Gasteiger partial charge >= 0.3 is 0 Å². The van der Waals surface area contributed by atoms with Crippen LogP contribution < -0.4 is 10.2 Å². The maximum atomic E-state index is 4.46. The van der Waals surface area contributed by atoms with Crippen LogP contribution in [0.2, 0.25) is 0 Å². The highest BCUT2D eigenvalue weighted by atomic mass is 15.1. The second-order valence-electron chi connectivity index (χ2n) is 5.46. The first-order chi connectivity index (χ1) is 9.65. The molecule has 0 aliphatic carbocycles. The number of hydrogen-bond donors (Lipinski definition) is 1. The Morgan fingerprint density at radius 1 is 1.20 bits per heavy atom. The second-order valence-corrected chi connectivity index (χ2v) is 5.46. The molecule has 114 valence electrons. The lowest BCUT2D eigenvalue weighted by atomic mass is 10.0. The minimum Gasteiger partial charge on any atom is -0.371 e. The Morgan fingerprint density at radius 2 is 1.90 bits per heavy atom. The van der Waals surface area contributed by atoms with Gasteiger partial charge in [0.2, 0.25) is 0 Å². The van der Waals surface area contributed by atoms with Crippen molar-refractivity contribution in [2.24, 2.45) is 5.92 Å². The fourth-order valence-electron chi connectivity index (χ4n) is 2.52. The van der Waals surface area contributed by atoms with Crippen LogP contribution in [0.3, 0.4) is 0 Å². The Bertz CT molecular complexity index is 386. The third kappa shape index (κ3) is 4.78. The standard InChI is InChI=1S/C17H31N3/c1-6-15(7-2)13-20(9-4)17-10-14(5)19-12-16(17)11-18-8-3/h10,12,15,18H,6-9,11,13H2,1-5H3. The van der Waals surface area contributed by atoms with Gasteiger partial charge in [-0.2, -0.15) is 0 Å². The smallest absolute Gasteiger partial charge is 0.0445 e. The molecule has 1 rings (SSSR count). The first-order valence-electron chi connectivity index (χ1n) is 8.07. The highest BCUT2D eigenvalue weighted by Crippen LogP contribution is 2.23. The van der Waals surface area contributed by atoms with Gasteiger partial charge in [0.05, 0.1) is 0 Å². The molecule has 0 aromatic carbocycles. The summed E-state index contributed by atoms with van der Waals surface area (Å²) in [6, 6.07) is 2.23. The van der Waals surface area contributed by atoms with Crippen LogP contribution in [0.5, 0.6) is 0 Å². The molecule has 1 N–H and O–H groups in total. The zero-order valence-electron chi connectivity index (χ0n) is 13.9. The minimum atomic E-state index is 0.774. The molecule has 0 aliphatic heterocycles. The summed E-state index contributed by atoms with van der Waals surface area (Å²) in [6.45, 7) is 15.1. The average Bonchev–Trinajstić information content (AvgIpc) is 2.47. The van der Waals surface area contributed by atoms with Gasteiger partial charge in [0.15, 0.2) is 0 Å². The van der Waals surface area contributed by atoms with Gasteiger partial charge in [-0.05, 0) is 32.4 Å². The van der Waals surface area contributed by atoms with E-state index in [2.05, 4.69) is 55.9 Å². The van der Waals surface area contributed by atoms with E-state index in [9.17, 15) is 0 Å². The van der Waals surface area contributed by atoms with Crippen molar-refractivity contribution in [3.8, 4) is 0 Å². The van der Waals surface area contributed by atoms with E-state index in [-0.39, 0.29) is 0 Å². The molecule has 1 heterocycles. The Morgan fingerprint density at radius 3 is 2.45 bits per heavy atom. The summed E-state index contributed by atoms with van der Waals surface area (Å²) in [7, 11) is 0. The van der Waals surface area contributed by atoms with E-state index >= 15 is 0 Å². The van der Waals surface area contributed by atoms with Crippen LogP contribution in [0.25, 0.3) is 0 Å². The van der Waals surface area contributed by atoms with E-state index < -0.39 is 0 Å². The van der Waals surface area contributed by atoms with Gasteiger partial charge in [0.1, 0.15) is 0 Å². The van der Waals surface area contributed by atoms with Crippen molar-refractivity contribution in [3.63, 3.8) is 0 Å². The molecular weight excluding hydrogens is 246 g/mol. The van der Waals surface area contributed by atoms with Crippen molar-refractivity contribution >= 4 is 5.69 Å². The largest absolute Gasteiger partial charge is 0.371 e. The zero-order valence-corrected chi connectivity index (χ0v) is 13.9. The molecule has 0 atom stereocenters. The summed E-state index contributed by atoms with van der Waals surface area (Å²) in [6.07, 6.45) is 4.53. The van der Waals surface area contributed by atoms with Crippen LogP contribution in [0.4, 0.5) is 5.69 Å². The van der Waals surface area contributed by atoms with Gasteiger partial charge in [-0.1, -0.05) is 33.6 Å². The molecule has 1 aromatic heterocycles. The number of hydrogen-bond acceptors (Lipinski definition) is 3. The summed E-state index contributed by atoms with van der Waals surface area (Å²) in [5, 5.41) is 3.42. The van der Waals surface area contributed by atoms with Crippen LogP contribution >= 0.6 is 0 Å². The molecule has 0 unspecified atom stereocenters. The molecule has 0 spiro atoms. The lowest BCUT2D eigenvalue weighted by molar-refractivity contribution is 0.485. The summed E-state index contributed by atoms with van der Waals surface area (Å²) in [4.78, 5) is 6.98. The van der Waals surface area contributed by atoms with E-state index in [0.29, 0.717) is 0 Å². The number of anilines is 1. The van der Waals surface area contributed by atoms with Gasteiger partial charge < -0.3 is 10.2 Å². The highest BCUT2D eigenvalue weighted by Gasteiger charge is 2.14. The lowest BCUT2D eigenvalue weighted by Crippen LogP contribution is -2.30. The maximum Gasteiger partial charge on any atom is 0.0445 e. The molecule has 0 radical (unpaired) electrons. The third-order valence-corrected chi connectivity index (χ3v) is 4.02. The quantitative estimate of drug-likeness (QED) is 0.745. The van der Waals surface area contributed by atoms with E-state index in [0.717, 1.165) is 37.8 Å². The summed E-state index contributed by atoms with van der Waals surface area (Å²) in [5.41, 5.74) is 3.77. The van der Waals surface area contributed by atoms with Gasteiger partial charge in [-0.15, -0.1) is 0 Å². The van der Waals surface area contributed by atoms with Crippen molar-refractivity contribution < 1.29 is 0 Å². The predicted molar refractivity (Wildman–Crippen MR) is 88.3 cm³/mol. The molecule has 0 aliphatic rings. The third-order valence-electron chi connectivity index (χ3n) is 4.02. The highest BCUT2D eigenvalue weighted by molar-refractivity contribution is 5.53. The molecule has 0 fully saturated rings. The van der Waals surface area contributed by atoms with Gasteiger partial charge in [0, 0.05) is 42.8 Å². The maximum absolute atomic E-state index is 4.46. The predicted octanol–water partition coefficient (Wildman–Crippen LogP) is 3.76. The topological polar surface area (TPSA) is 28.2 Å². The first-order valence-corrected chi connectivity index (χ1v) is 8.07. The van der Waals surface area contributed by atoms with Gasteiger partial charge in [0.25, 0.3) is 0 Å². The Labute approximate surface area is 124 Å². The molecule has 20 heavy (non-hydrogen) atoms. The number of aryl methyl sites for hydroxylation is 1. The van der Waals surface area contributed by atoms with Crippen LogP contribution in [0.15, 0.2) is 12.3 Å². The molecular formula is C17H31N3. The van der Waals surface area contributed by atoms with E-state index in [1.165, 1.54) is 24.1 Å². The molecule has 3 heteroatoms. The fraction of sp³-hybridized carbons (Fsp3) is 0.706. The number of pyridine rings is 1. The van der Waals surface area contributed by atoms with Crippen LogP contribution in [-0.4, -0.2) is 24.6 Å². The summed E-state index contributed by atoms with van der Waals surface area (Å²) in [5.74, 6) is 0.774. The fourth-order valence-corrected chi connectivity index (χ4v) is 2.52. The molecule has 3 nitrogen and oxygen atoms in total. The minimum absolute atomic E-state index is 0.774.